The molecule has 0 fully saturated rings. The number of ether oxygens (including phenoxy) is 2. The summed E-state index contributed by atoms with van der Waals surface area (Å²) in [5, 5.41) is 27.6. The van der Waals surface area contributed by atoms with Gasteiger partial charge in [-0.3, -0.25) is 0 Å². The van der Waals surface area contributed by atoms with Crippen LogP contribution in [0.5, 0.6) is 11.5 Å². The van der Waals surface area contributed by atoms with Gasteiger partial charge >= 0.3 is 7.12 Å². The van der Waals surface area contributed by atoms with Gasteiger partial charge in [-0.1, -0.05) is 64.7 Å². The van der Waals surface area contributed by atoms with E-state index < -0.39 is 7.12 Å². The molecule has 2 N–H and O–H groups in total. The Bertz CT molecular complexity index is 2030. The van der Waals surface area contributed by atoms with E-state index in [2.05, 4.69) is 83.2 Å². The molecule has 0 aliphatic heterocycles. The number of halogens is 3. The predicted molar refractivity (Wildman–Crippen MR) is 205 cm³/mol. The number of benzene rings is 2. The van der Waals surface area contributed by atoms with Crippen LogP contribution in [0.1, 0.15) is 52.9 Å². The van der Waals surface area contributed by atoms with Crippen molar-refractivity contribution in [2.75, 3.05) is 14.2 Å². The molecule has 2 aromatic carbocycles. The van der Waals surface area contributed by atoms with Gasteiger partial charge in [0.15, 0.2) is 3.92 Å². The molecule has 4 heterocycles. The Kier molecular flexibility index (Phi) is 12.5. The van der Waals surface area contributed by atoms with Crippen LogP contribution in [0, 0.1) is 0 Å². The van der Waals surface area contributed by atoms with Gasteiger partial charge in [-0.15, -0.1) is 22.7 Å². The molecule has 0 aliphatic rings. The Balaban J connectivity index is 0.000000175. The number of hydrogen-bond acceptors (Lipinski definition) is 10. The van der Waals surface area contributed by atoms with Gasteiger partial charge in [-0.25, -0.2) is 19.9 Å². The highest BCUT2D eigenvalue weighted by Crippen LogP contribution is 2.37. The van der Waals surface area contributed by atoms with Crippen LogP contribution >= 0.6 is 61.8 Å². The molecule has 0 spiro atoms. The zero-order valence-corrected chi connectivity index (χ0v) is 32.5. The minimum Gasteiger partial charge on any atom is -0.497 e. The normalized spacial score (nSPS) is 11.4. The highest BCUT2D eigenvalue weighted by Gasteiger charge is 2.20. The van der Waals surface area contributed by atoms with Gasteiger partial charge in [0.25, 0.3) is 0 Å². The van der Waals surface area contributed by atoms with Crippen LogP contribution in [0.2, 0.25) is 10.3 Å². The molecule has 48 heavy (non-hydrogen) atoms. The zero-order valence-electron chi connectivity index (χ0n) is 27.8. The molecular weight excluding hydrogens is 754 g/mol. The molecule has 4 aromatic heterocycles. The van der Waals surface area contributed by atoms with Crippen molar-refractivity contribution in [1.82, 2.24) is 19.9 Å². The molecule has 0 amide bonds. The van der Waals surface area contributed by atoms with Crippen LogP contribution in [0.25, 0.3) is 32.1 Å². The lowest BCUT2D eigenvalue weighted by Crippen LogP contribution is -2.31. The summed E-state index contributed by atoms with van der Waals surface area (Å²) in [7, 11) is 1.61. The maximum absolute atomic E-state index is 9.21. The standard InChI is InChI=1S/C17H17ClN2OS.C10H9BClNO3.C7H10BrNS/c1-17(2,3)14-9-22-16(20-14)13-8-19-15(18)11-6-5-10(21-4)7-12(11)13;1-16-6-2-3-7-8(4-6)9(11(14)15)5-13-10(7)12;1-7(2,3)5-4-10-6(8)9-5/h5-9H,1-4H3;2-5,14-15H,1H3;4H,1-3H3. The fourth-order valence-electron chi connectivity index (χ4n) is 4.36. The lowest BCUT2D eigenvalue weighted by Gasteiger charge is -2.14. The lowest BCUT2D eigenvalue weighted by atomic mass is 9.78. The van der Waals surface area contributed by atoms with E-state index >= 15 is 0 Å². The van der Waals surface area contributed by atoms with Crippen LogP contribution in [-0.2, 0) is 10.8 Å². The molecule has 0 aliphatic carbocycles. The molecule has 14 heteroatoms. The fraction of sp³-hybridized carbons (Fsp3) is 0.294. The van der Waals surface area contributed by atoms with Crippen molar-refractivity contribution < 1.29 is 19.5 Å². The Morgan fingerprint density at radius 1 is 0.708 bits per heavy atom. The van der Waals surface area contributed by atoms with E-state index in [4.69, 9.17) is 37.7 Å². The number of thiazole rings is 2. The minimum atomic E-state index is -1.58. The summed E-state index contributed by atoms with van der Waals surface area (Å²) < 4.78 is 11.4. The Morgan fingerprint density at radius 3 is 1.67 bits per heavy atom. The maximum atomic E-state index is 9.21. The summed E-state index contributed by atoms with van der Waals surface area (Å²) in [6, 6.07) is 11.0. The molecule has 252 valence electrons. The van der Waals surface area contributed by atoms with Crippen LogP contribution < -0.4 is 14.9 Å². The molecule has 0 atom stereocenters. The van der Waals surface area contributed by atoms with Crippen LogP contribution in [-0.4, -0.2) is 51.3 Å². The monoisotopic (exact) mass is 788 g/mol. The van der Waals surface area contributed by atoms with Gasteiger partial charge in [0.05, 0.1) is 25.6 Å². The third-order valence-corrected chi connectivity index (χ3v) is 9.99. The average Bonchev–Trinajstić information content (AvgIpc) is 3.72. The van der Waals surface area contributed by atoms with Crippen molar-refractivity contribution in [2.24, 2.45) is 0 Å². The smallest absolute Gasteiger partial charge is 0.490 e. The maximum Gasteiger partial charge on any atom is 0.490 e. The van der Waals surface area contributed by atoms with Crippen molar-refractivity contribution in [3.63, 3.8) is 0 Å². The number of fused-ring (bicyclic) bond motifs is 2. The summed E-state index contributed by atoms with van der Waals surface area (Å²) in [6.45, 7) is 13.0. The number of nitrogens with zero attached hydrogens (tertiary/aromatic N) is 4. The Morgan fingerprint density at radius 2 is 1.21 bits per heavy atom. The summed E-state index contributed by atoms with van der Waals surface area (Å²) in [5.41, 5.74) is 3.74. The van der Waals surface area contributed by atoms with Gasteiger partial charge in [-0.05, 0) is 57.7 Å². The Labute approximate surface area is 307 Å². The van der Waals surface area contributed by atoms with Gasteiger partial charge in [0.2, 0.25) is 0 Å². The average molecular weight is 790 g/mol. The first-order chi connectivity index (χ1) is 22.5. The SMILES string of the molecule is CC(C)(C)c1csc(Br)n1.COc1ccc2c(Cl)ncc(-c3nc(C(C)(C)C)cs3)c2c1.COc1ccc2c(Cl)ncc(B(O)O)c2c1. The highest BCUT2D eigenvalue weighted by atomic mass is 79.9. The number of pyridine rings is 2. The largest absolute Gasteiger partial charge is 0.497 e. The van der Waals surface area contributed by atoms with Crippen molar-refractivity contribution in [3.8, 4) is 22.1 Å². The van der Waals surface area contributed by atoms with Crippen LogP contribution in [0.3, 0.4) is 0 Å². The first-order valence-corrected chi connectivity index (χ1v) is 18.0. The second-order valence-electron chi connectivity index (χ2n) is 12.7. The molecule has 0 bridgehead atoms. The number of rotatable bonds is 4. The third kappa shape index (κ3) is 9.23. The molecule has 6 aromatic rings. The van der Waals surface area contributed by atoms with Gasteiger partial charge in [-0.2, -0.15) is 0 Å². The number of aromatic nitrogens is 4. The number of hydrogen-bond donors (Lipinski definition) is 2. The van der Waals surface area contributed by atoms with E-state index in [0.29, 0.717) is 32.3 Å². The predicted octanol–water partition coefficient (Wildman–Crippen LogP) is 9.10. The van der Waals surface area contributed by atoms with Crippen molar-refractivity contribution in [2.45, 2.75) is 52.4 Å². The van der Waals surface area contributed by atoms with E-state index in [1.165, 1.54) is 6.20 Å². The highest BCUT2D eigenvalue weighted by molar-refractivity contribution is 9.11. The van der Waals surface area contributed by atoms with Crippen molar-refractivity contribution in [3.05, 3.63) is 85.2 Å². The van der Waals surface area contributed by atoms with Crippen LogP contribution in [0.15, 0.2) is 63.5 Å². The first-order valence-electron chi connectivity index (χ1n) is 14.7. The van der Waals surface area contributed by atoms with E-state index in [0.717, 1.165) is 42.4 Å². The molecule has 0 unspecified atom stereocenters. The van der Waals surface area contributed by atoms with E-state index in [-0.39, 0.29) is 10.8 Å². The quantitative estimate of drug-likeness (QED) is 0.135. The van der Waals surface area contributed by atoms with Crippen molar-refractivity contribution >= 4 is 95.9 Å². The minimum absolute atomic E-state index is 0.0299. The summed E-state index contributed by atoms with van der Waals surface area (Å²) >= 11 is 18.7. The summed E-state index contributed by atoms with van der Waals surface area (Å²) in [4.78, 5) is 17.3. The number of methoxy groups -OCH3 is 2. The van der Waals surface area contributed by atoms with Crippen molar-refractivity contribution in [1.29, 1.82) is 0 Å². The Hall–Kier alpha value is -2.84. The topological polar surface area (TPSA) is 110 Å². The molecule has 0 radical (unpaired) electrons. The third-order valence-electron chi connectivity index (χ3n) is 7.15. The summed E-state index contributed by atoms with van der Waals surface area (Å²) in [5.74, 6) is 1.42. The zero-order chi connectivity index (χ0) is 35.4. The van der Waals surface area contributed by atoms with Gasteiger partial charge < -0.3 is 19.5 Å². The lowest BCUT2D eigenvalue weighted by molar-refractivity contribution is 0.415. The second-order valence-corrected chi connectivity index (χ2v) is 16.4. The van der Waals surface area contributed by atoms with E-state index in [1.807, 2.05) is 18.2 Å². The second kappa shape index (κ2) is 15.8. The molecule has 6 rings (SSSR count). The van der Waals surface area contributed by atoms with Gasteiger partial charge in [0.1, 0.15) is 26.8 Å². The summed E-state index contributed by atoms with van der Waals surface area (Å²) in [6.07, 6.45) is 3.13. The van der Waals surface area contributed by atoms with E-state index in [9.17, 15) is 10.0 Å². The van der Waals surface area contributed by atoms with Gasteiger partial charge in [0, 0.05) is 61.2 Å². The fourth-order valence-corrected chi connectivity index (χ4v) is 7.10. The molecule has 0 saturated heterocycles. The molecule has 0 saturated carbocycles. The van der Waals surface area contributed by atoms with Crippen LogP contribution in [0.4, 0.5) is 0 Å². The first kappa shape index (κ1) is 38.0. The van der Waals surface area contributed by atoms with E-state index in [1.54, 1.807) is 61.3 Å². The molecule has 8 nitrogen and oxygen atoms in total. The molecular formula is C34H36BBrCl2N4O4S2.